The third-order valence-corrected chi connectivity index (χ3v) is 4.18. The summed E-state index contributed by atoms with van der Waals surface area (Å²) < 4.78 is 0. The Balaban J connectivity index is 1.59. The van der Waals surface area contributed by atoms with E-state index in [0.29, 0.717) is 0 Å². The molecule has 2 N–H and O–H groups in total. The molecule has 0 amide bonds. The molecule has 3 nitrogen and oxygen atoms in total. The normalized spacial score (nSPS) is 11.4. The molecular weight excluding hydrogens is 278 g/mol. The van der Waals surface area contributed by atoms with E-state index in [1.54, 1.807) is 11.3 Å². The zero-order valence-electron chi connectivity index (χ0n) is 12.5. The van der Waals surface area contributed by atoms with E-state index in [-0.39, 0.29) is 0 Å². The summed E-state index contributed by atoms with van der Waals surface area (Å²) in [6.45, 7) is 1.85. The van der Waals surface area contributed by atoms with Crippen molar-refractivity contribution in [1.82, 2.24) is 10.6 Å². The Morgan fingerprint density at radius 2 is 1.81 bits per heavy atom. The zero-order chi connectivity index (χ0) is 14.8. The van der Waals surface area contributed by atoms with Gasteiger partial charge in [-0.3, -0.25) is 4.99 Å². The molecule has 0 radical (unpaired) electrons. The van der Waals surface area contributed by atoms with Gasteiger partial charge in [0.1, 0.15) is 0 Å². The maximum atomic E-state index is 4.25. The highest BCUT2D eigenvalue weighted by atomic mass is 32.1. The molecule has 21 heavy (non-hydrogen) atoms. The van der Waals surface area contributed by atoms with Crippen molar-refractivity contribution >= 4 is 17.3 Å². The molecule has 4 heteroatoms. The van der Waals surface area contributed by atoms with E-state index < -0.39 is 0 Å². The topological polar surface area (TPSA) is 36.4 Å². The molecule has 112 valence electrons. The highest BCUT2D eigenvalue weighted by Crippen LogP contribution is 2.08. The summed E-state index contributed by atoms with van der Waals surface area (Å²) in [6.07, 6.45) is 3.25. The third kappa shape index (κ3) is 6.00. The van der Waals surface area contributed by atoms with Gasteiger partial charge in [-0.25, -0.2) is 0 Å². The lowest BCUT2D eigenvalue weighted by Gasteiger charge is -2.11. The monoisotopic (exact) mass is 301 g/mol. The van der Waals surface area contributed by atoms with Crippen molar-refractivity contribution in [2.75, 3.05) is 20.1 Å². The number of benzene rings is 1. The van der Waals surface area contributed by atoms with E-state index in [1.807, 2.05) is 7.05 Å². The van der Waals surface area contributed by atoms with Gasteiger partial charge in [0.05, 0.1) is 0 Å². The highest BCUT2D eigenvalue weighted by molar-refractivity contribution is 7.09. The molecule has 0 unspecified atom stereocenters. The number of rotatable bonds is 7. The minimum Gasteiger partial charge on any atom is -0.356 e. The summed E-state index contributed by atoms with van der Waals surface area (Å²) in [5.41, 5.74) is 1.39. The van der Waals surface area contributed by atoms with E-state index in [1.165, 1.54) is 10.4 Å². The molecule has 0 atom stereocenters. The smallest absolute Gasteiger partial charge is 0.190 e. The summed E-state index contributed by atoms with van der Waals surface area (Å²) in [7, 11) is 1.82. The molecular formula is C17H23N3S. The first-order valence-electron chi connectivity index (χ1n) is 7.39. The number of guanidine groups is 1. The number of nitrogens with zero attached hydrogens (tertiary/aromatic N) is 1. The SMILES string of the molecule is CN=C(NCCCc1ccccc1)NCCc1cccs1. The number of hydrogen-bond acceptors (Lipinski definition) is 2. The van der Waals surface area contributed by atoms with Crippen LogP contribution in [0.25, 0.3) is 0 Å². The molecule has 2 rings (SSSR count). The predicted octanol–water partition coefficient (Wildman–Crippen LogP) is 3.09. The van der Waals surface area contributed by atoms with Crippen molar-refractivity contribution in [3.63, 3.8) is 0 Å². The molecule has 1 heterocycles. The van der Waals surface area contributed by atoms with Crippen molar-refractivity contribution in [3.05, 3.63) is 58.3 Å². The number of nitrogens with one attached hydrogen (secondary N) is 2. The van der Waals surface area contributed by atoms with E-state index in [4.69, 9.17) is 0 Å². The largest absolute Gasteiger partial charge is 0.356 e. The van der Waals surface area contributed by atoms with Crippen LogP contribution >= 0.6 is 11.3 Å². The van der Waals surface area contributed by atoms with Crippen LogP contribution in [-0.4, -0.2) is 26.1 Å². The van der Waals surface area contributed by atoms with Gasteiger partial charge in [0, 0.05) is 25.0 Å². The molecule has 0 fully saturated rings. The van der Waals surface area contributed by atoms with Gasteiger partial charge in [-0.2, -0.15) is 0 Å². The first-order chi connectivity index (χ1) is 10.4. The van der Waals surface area contributed by atoms with Crippen molar-refractivity contribution in [2.45, 2.75) is 19.3 Å². The van der Waals surface area contributed by atoms with Gasteiger partial charge in [-0.15, -0.1) is 11.3 Å². The van der Waals surface area contributed by atoms with E-state index in [9.17, 15) is 0 Å². The Kier molecular flexibility index (Phi) is 6.81. The second-order valence-corrected chi connectivity index (χ2v) is 5.88. The summed E-state index contributed by atoms with van der Waals surface area (Å²) >= 11 is 1.80. The minimum atomic E-state index is 0.889. The van der Waals surface area contributed by atoms with Gasteiger partial charge in [0.25, 0.3) is 0 Å². The van der Waals surface area contributed by atoms with E-state index >= 15 is 0 Å². The number of hydrogen-bond donors (Lipinski definition) is 2. The van der Waals surface area contributed by atoms with Crippen LogP contribution in [0.2, 0.25) is 0 Å². The first kappa shape index (κ1) is 15.6. The van der Waals surface area contributed by atoms with Crippen molar-refractivity contribution in [2.24, 2.45) is 4.99 Å². The van der Waals surface area contributed by atoms with Crippen LogP contribution in [0.4, 0.5) is 0 Å². The van der Waals surface area contributed by atoms with Gasteiger partial charge < -0.3 is 10.6 Å². The van der Waals surface area contributed by atoms with Crippen molar-refractivity contribution < 1.29 is 0 Å². The standard InChI is InChI=1S/C17H23N3S/c1-18-17(20-13-11-16-10-6-14-21-16)19-12-5-9-15-7-3-2-4-8-15/h2-4,6-8,10,14H,5,9,11-13H2,1H3,(H2,18,19,20). The molecule has 1 aromatic carbocycles. The van der Waals surface area contributed by atoms with E-state index in [2.05, 4.69) is 63.5 Å². The van der Waals surface area contributed by atoms with Crippen LogP contribution in [0.15, 0.2) is 52.8 Å². The summed E-state index contributed by atoms with van der Waals surface area (Å²) in [5, 5.41) is 8.83. The zero-order valence-corrected chi connectivity index (χ0v) is 13.3. The third-order valence-electron chi connectivity index (χ3n) is 3.25. The average Bonchev–Trinajstić information content (AvgIpc) is 3.04. The fraction of sp³-hybridized carbons (Fsp3) is 0.353. The maximum absolute atomic E-state index is 4.25. The van der Waals surface area contributed by atoms with Gasteiger partial charge in [0.2, 0.25) is 0 Å². The van der Waals surface area contributed by atoms with Crippen LogP contribution in [0.1, 0.15) is 16.9 Å². The fourth-order valence-electron chi connectivity index (χ4n) is 2.12. The molecule has 0 bridgehead atoms. The number of thiophene rings is 1. The fourth-order valence-corrected chi connectivity index (χ4v) is 2.83. The van der Waals surface area contributed by atoms with Crippen LogP contribution < -0.4 is 10.6 Å². The van der Waals surface area contributed by atoms with Gasteiger partial charge in [0.15, 0.2) is 5.96 Å². The van der Waals surface area contributed by atoms with Crippen molar-refractivity contribution in [3.8, 4) is 0 Å². The lowest BCUT2D eigenvalue weighted by molar-refractivity contribution is 0.740. The first-order valence-corrected chi connectivity index (χ1v) is 8.27. The molecule has 0 saturated carbocycles. The van der Waals surface area contributed by atoms with Crippen molar-refractivity contribution in [1.29, 1.82) is 0 Å². The van der Waals surface area contributed by atoms with Crippen LogP contribution in [0.3, 0.4) is 0 Å². The molecule has 0 aliphatic heterocycles. The summed E-state index contributed by atoms with van der Waals surface area (Å²) in [4.78, 5) is 5.65. The molecule has 0 saturated heterocycles. The lowest BCUT2D eigenvalue weighted by Crippen LogP contribution is -2.38. The average molecular weight is 301 g/mol. The van der Waals surface area contributed by atoms with Crippen LogP contribution in [-0.2, 0) is 12.8 Å². The Hall–Kier alpha value is -1.81. The van der Waals surface area contributed by atoms with Gasteiger partial charge in [-0.05, 0) is 36.3 Å². The van der Waals surface area contributed by atoms with E-state index in [0.717, 1.165) is 38.3 Å². The lowest BCUT2D eigenvalue weighted by atomic mass is 10.1. The quantitative estimate of drug-likeness (QED) is 0.468. The molecule has 0 aliphatic carbocycles. The van der Waals surface area contributed by atoms with Crippen LogP contribution in [0.5, 0.6) is 0 Å². The summed E-state index contributed by atoms with van der Waals surface area (Å²) in [6, 6.07) is 14.9. The minimum absolute atomic E-state index is 0.889. The van der Waals surface area contributed by atoms with Gasteiger partial charge in [-0.1, -0.05) is 36.4 Å². The Morgan fingerprint density at radius 1 is 1.00 bits per heavy atom. The Bertz CT molecular complexity index is 520. The maximum Gasteiger partial charge on any atom is 0.190 e. The summed E-state index contributed by atoms with van der Waals surface area (Å²) in [5.74, 6) is 0.889. The molecule has 2 aromatic rings. The number of aryl methyl sites for hydroxylation is 1. The van der Waals surface area contributed by atoms with Gasteiger partial charge >= 0.3 is 0 Å². The Morgan fingerprint density at radius 3 is 2.52 bits per heavy atom. The molecule has 0 spiro atoms. The number of aliphatic imine (C=N–C) groups is 1. The Labute approximate surface area is 131 Å². The van der Waals surface area contributed by atoms with Crippen LogP contribution in [0, 0.1) is 0 Å². The second kappa shape index (κ2) is 9.19. The second-order valence-electron chi connectivity index (χ2n) is 4.84. The molecule has 1 aromatic heterocycles. The highest BCUT2D eigenvalue weighted by Gasteiger charge is 1.98. The molecule has 0 aliphatic rings. The predicted molar refractivity (Wildman–Crippen MR) is 92.2 cm³/mol.